The van der Waals surface area contributed by atoms with Gasteiger partial charge < -0.3 is 23.7 Å². The number of benzene rings is 1. The van der Waals surface area contributed by atoms with Crippen molar-refractivity contribution in [1.29, 1.82) is 0 Å². The molecule has 7 heteroatoms. The Morgan fingerprint density at radius 2 is 1.88 bits per heavy atom. The zero-order chi connectivity index (χ0) is 23.0. The Morgan fingerprint density at radius 1 is 1.09 bits per heavy atom. The smallest absolute Gasteiger partial charge is 0.232 e. The molecule has 33 heavy (non-hydrogen) atoms. The summed E-state index contributed by atoms with van der Waals surface area (Å²) in [6.45, 7) is 9.00. The van der Waals surface area contributed by atoms with Gasteiger partial charge in [-0.1, -0.05) is 49.3 Å². The molecule has 0 amide bonds. The summed E-state index contributed by atoms with van der Waals surface area (Å²) < 4.78 is 16.9. The van der Waals surface area contributed by atoms with E-state index in [1.807, 2.05) is 30.3 Å². The minimum absolute atomic E-state index is 0.253. The first-order valence-electron chi connectivity index (χ1n) is 11.9. The Kier molecular flexibility index (Phi) is 8.20. The van der Waals surface area contributed by atoms with Gasteiger partial charge in [-0.2, -0.15) is 0 Å². The van der Waals surface area contributed by atoms with Gasteiger partial charge in [-0.25, -0.2) is 0 Å². The summed E-state index contributed by atoms with van der Waals surface area (Å²) in [6, 6.07) is 13.9. The molecule has 4 rings (SSSR count). The summed E-state index contributed by atoms with van der Waals surface area (Å²) in [5.41, 5.74) is 3.02. The Morgan fingerprint density at radius 3 is 2.58 bits per heavy atom. The summed E-state index contributed by atoms with van der Waals surface area (Å²) in [4.78, 5) is 4.58. The third-order valence-electron chi connectivity index (χ3n) is 5.82. The maximum atomic E-state index is 10.7. The number of hydrogen-bond acceptors (Lipinski definition) is 7. The third kappa shape index (κ3) is 6.47. The molecule has 0 spiro atoms. The lowest BCUT2D eigenvalue weighted by atomic mass is 10.1. The number of rotatable bonds is 12. The van der Waals surface area contributed by atoms with Crippen LogP contribution >= 0.6 is 0 Å². The van der Waals surface area contributed by atoms with Crippen LogP contribution < -0.4 is 4.90 Å². The van der Waals surface area contributed by atoms with Crippen LogP contribution in [0.1, 0.15) is 38.0 Å². The fourth-order valence-electron chi connectivity index (χ4n) is 4.42. The predicted octanol–water partition coefficient (Wildman–Crippen LogP) is 4.57. The molecule has 1 aromatic carbocycles. The van der Waals surface area contributed by atoms with Crippen molar-refractivity contribution in [1.82, 2.24) is 10.1 Å². The molecule has 0 aliphatic carbocycles. The largest absolute Gasteiger partial charge is 0.467 e. The lowest BCUT2D eigenvalue weighted by Gasteiger charge is -2.27. The molecule has 0 radical (unpaired) electrons. The predicted molar refractivity (Wildman–Crippen MR) is 128 cm³/mol. The van der Waals surface area contributed by atoms with Gasteiger partial charge >= 0.3 is 0 Å². The van der Waals surface area contributed by atoms with Gasteiger partial charge in [0.15, 0.2) is 0 Å². The fourth-order valence-corrected chi connectivity index (χ4v) is 4.42. The van der Waals surface area contributed by atoms with Crippen molar-refractivity contribution in [3.63, 3.8) is 0 Å². The monoisotopic (exact) mass is 453 g/mol. The molecule has 0 unspecified atom stereocenters. The molecule has 2 aromatic heterocycles. The van der Waals surface area contributed by atoms with Gasteiger partial charge in [0.2, 0.25) is 5.88 Å². The van der Waals surface area contributed by atoms with E-state index in [1.54, 1.807) is 6.26 Å². The second kappa shape index (κ2) is 11.5. The summed E-state index contributed by atoms with van der Waals surface area (Å²) in [5.74, 6) is 2.08. The Labute approximate surface area is 195 Å². The lowest BCUT2D eigenvalue weighted by molar-refractivity contribution is 0.00226. The van der Waals surface area contributed by atoms with Gasteiger partial charge in [-0.05, 0) is 30.9 Å². The lowest BCUT2D eigenvalue weighted by Crippen LogP contribution is -2.37. The molecule has 1 saturated heterocycles. The fraction of sp³-hybridized carbons (Fsp3) is 0.500. The number of aromatic nitrogens is 1. The van der Waals surface area contributed by atoms with Crippen molar-refractivity contribution in [2.45, 2.75) is 45.9 Å². The zero-order valence-electron chi connectivity index (χ0n) is 19.7. The van der Waals surface area contributed by atoms with Crippen molar-refractivity contribution >= 4 is 5.88 Å². The maximum absolute atomic E-state index is 10.7. The average molecular weight is 454 g/mol. The normalized spacial score (nSPS) is 15.1. The van der Waals surface area contributed by atoms with Crippen molar-refractivity contribution in [2.75, 3.05) is 37.7 Å². The van der Waals surface area contributed by atoms with E-state index < -0.39 is 6.10 Å². The van der Waals surface area contributed by atoms with Crippen LogP contribution in [0.4, 0.5) is 5.88 Å². The second-order valence-corrected chi connectivity index (χ2v) is 9.21. The highest BCUT2D eigenvalue weighted by Crippen LogP contribution is 2.34. The number of ether oxygens (including phenoxy) is 1. The topological polar surface area (TPSA) is 75.1 Å². The van der Waals surface area contributed by atoms with Crippen LogP contribution in [-0.2, 0) is 17.9 Å². The van der Waals surface area contributed by atoms with Gasteiger partial charge in [0.25, 0.3) is 0 Å². The van der Waals surface area contributed by atoms with Crippen molar-refractivity contribution in [3.05, 3.63) is 60.1 Å². The van der Waals surface area contributed by atoms with E-state index in [2.05, 4.69) is 40.9 Å². The molecule has 178 valence electrons. The molecular weight excluding hydrogens is 418 g/mol. The number of aliphatic hydroxyl groups is 1. The van der Waals surface area contributed by atoms with Crippen LogP contribution in [0.25, 0.3) is 11.3 Å². The van der Waals surface area contributed by atoms with Gasteiger partial charge in [0.1, 0.15) is 18.1 Å². The second-order valence-electron chi connectivity index (χ2n) is 9.21. The van der Waals surface area contributed by atoms with Crippen LogP contribution in [0.2, 0.25) is 0 Å². The van der Waals surface area contributed by atoms with Crippen LogP contribution in [0.5, 0.6) is 0 Å². The first kappa shape index (κ1) is 23.5. The van der Waals surface area contributed by atoms with E-state index in [0.29, 0.717) is 25.6 Å². The summed E-state index contributed by atoms with van der Waals surface area (Å²) in [6.07, 6.45) is 3.36. The molecule has 7 nitrogen and oxygen atoms in total. The van der Waals surface area contributed by atoms with E-state index in [1.165, 1.54) is 12.8 Å². The highest BCUT2D eigenvalue weighted by atomic mass is 16.5. The van der Waals surface area contributed by atoms with Crippen LogP contribution in [0.3, 0.4) is 0 Å². The van der Waals surface area contributed by atoms with Crippen LogP contribution in [0, 0.1) is 5.92 Å². The van der Waals surface area contributed by atoms with Crippen LogP contribution in [-0.4, -0.2) is 54.1 Å². The minimum Gasteiger partial charge on any atom is -0.467 e. The van der Waals surface area contributed by atoms with Gasteiger partial charge in [-0.15, -0.1) is 0 Å². The van der Waals surface area contributed by atoms with Gasteiger partial charge in [0, 0.05) is 38.3 Å². The van der Waals surface area contributed by atoms with Gasteiger partial charge in [0.05, 0.1) is 24.5 Å². The Balaban J connectivity index is 1.49. The van der Waals surface area contributed by atoms with Crippen LogP contribution in [0.15, 0.2) is 57.7 Å². The average Bonchev–Trinajstić information content (AvgIpc) is 3.56. The number of aliphatic hydroxyl groups excluding tert-OH is 1. The van der Waals surface area contributed by atoms with E-state index >= 15 is 0 Å². The molecular formula is C26H35N3O4. The third-order valence-corrected chi connectivity index (χ3v) is 5.82. The highest BCUT2D eigenvalue weighted by molar-refractivity contribution is 5.68. The van der Waals surface area contributed by atoms with Crippen molar-refractivity contribution in [2.24, 2.45) is 5.92 Å². The quantitative estimate of drug-likeness (QED) is 0.430. The van der Waals surface area contributed by atoms with Crippen molar-refractivity contribution < 1.29 is 18.8 Å². The summed E-state index contributed by atoms with van der Waals surface area (Å²) in [5, 5.41) is 15.2. The molecule has 1 aliphatic heterocycles. The zero-order valence-corrected chi connectivity index (χ0v) is 19.7. The maximum Gasteiger partial charge on any atom is 0.232 e. The molecule has 3 aromatic rings. The molecule has 3 heterocycles. The van der Waals surface area contributed by atoms with E-state index in [-0.39, 0.29) is 6.61 Å². The first-order valence-corrected chi connectivity index (χ1v) is 11.9. The number of furan rings is 1. The van der Waals surface area contributed by atoms with E-state index in [0.717, 1.165) is 48.1 Å². The molecule has 1 N–H and O–H groups in total. The van der Waals surface area contributed by atoms with E-state index in [9.17, 15) is 5.11 Å². The Hall–Kier alpha value is -2.61. The van der Waals surface area contributed by atoms with Crippen molar-refractivity contribution in [3.8, 4) is 11.3 Å². The molecule has 0 bridgehead atoms. The SMILES string of the molecule is CC(C)CN(Cc1c(-c2ccccc2)noc1N1CCCC1)C[C@H](O)COCc1ccco1. The van der Waals surface area contributed by atoms with E-state index in [4.69, 9.17) is 13.7 Å². The molecule has 1 aliphatic rings. The summed E-state index contributed by atoms with van der Waals surface area (Å²) in [7, 11) is 0. The summed E-state index contributed by atoms with van der Waals surface area (Å²) >= 11 is 0. The molecule has 1 fully saturated rings. The highest BCUT2D eigenvalue weighted by Gasteiger charge is 2.27. The molecule has 0 saturated carbocycles. The Bertz CT molecular complexity index is 949. The number of hydrogen-bond donors (Lipinski definition) is 1. The molecule has 1 atom stereocenters. The minimum atomic E-state index is -0.603. The standard InChI is InChI=1S/C26H35N3O4/c1-20(2)15-28(16-22(30)18-31-19-23-11-8-14-32-23)17-24-25(21-9-4-3-5-10-21)27-33-26(24)29-12-6-7-13-29/h3-5,8-11,14,20,22,30H,6-7,12-13,15-19H2,1-2H3/t22-/m0/s1. The number of anilines is 1. The first-order chi connectivity index (χ1) is 16.1. The number of nitrogens with zero attached hydrogens (tertiary/aromatic N) is 3. The van der Waals surface area contributed by atoms with Gasteiger partial charge in [-0.3, -0.25) is 4.90 Å².